The van der Waals surface area contributed by atoms with Crippen molar-refractivity contribution < 1.29 is 9.90 Å². The third-order valence-electron chi connectivity index (χ3n) is 1.97. The Bertz CT molecular complexity index is 169. The van der Waals surface area contributed by atoms with Gasteiger partial charge in [0.25, 0.3) is 0 Å². The summed E-state index contributed by atoms with van der Waals surface area (Å²) in [4.78, 5) is 10.8. The van der Waals surface area contributed by atoms with Crippen molar-refractivity contribution in [3.63, 3.8) is 0 Å². The van der Waals surface area contributed by atoms with Crippen LogP contribution in [0.25, 0.3) is 0 Å². The van der Waals surface area contributed by atoms with Crippen LogP contribution in [0.2, 0.25) is 0 Å². The molecular formula is C9H16Cl2O2. The van der Waals surface area contributed by atoms with E-state index >= 15 is 0 Å². The van der Waals surface area contributed by atoms with Crippen LogP contribution in [-0.2, 0) is 4.79 Å². The first-order chi connectivity index (χ1) is 5.93. The van der Waals surface area contributed by atoms with Gasteiger partial charge < -0.3 is 5.11 Å². The highest BCUT2D eigenvalue weighted by Crippen LogP contribution is 2.28. The van der Waals surface area contributed by atoms with Crippen molar-refractivity contribution in [2.45, 2.75) is 26.7 Å². The number of hydrogen-bond donors (Lipinski definition) is 1. The van der Waals surface area contributed by atoms with Gasteiger partial charge in [-0.05, 0) is 18.3 Å². The maximum absolute atomic E-state index is 10.8. The molecule has 0 radical (unpaired) electrons. The number of halogens is 2. The Labute approximate surface area is 89.2 Å². The lowest BCUT2D eigenvalue weighted by Crippen LogP contribution is -2.24. The van der Waals surface area contributed by atoms with Crippen molar-refractivity contribution in [3.05, 3.63) is 0 Å². The number of aliphatic carboxylic acids is 1. The normalized spacial score (nSPS) is 14.2. The molecule has 13 heavy (non-hydrogen) atoms. The Balaban J connectivity index is 4.17. The molecule has 0 aliphatic carbocycles. The van der Waals surface area contributed by atoms with Crippen LogP contribution >= 0.6 is 23.2 Å². The van der Waals surface area contributed by atoms with Gasteiger partial charge in [0.15, 0.2) is 0 Å². The number of rotatable bonds is 6. The summed E-state index contributed by atoms with van der Waals surface area (Å²) in [5.41, 5.74) is -0.128. The van der Waals surface area contributed by atoms with Crippen LogP contribution in [0.4, 0.5) is 0 Å². The SMILES string of the molecule is CC(C)(CCl)C[C@H](CCCl)C(=O)O. The largest absolute Gasteiger partial charge is 0.481 e. The lowest BCUT2D eigenvalue weighted by Gasteiger charge is -2.24. The van der Waals surface area contributed by atoms with Gasteiger partial charge in [0.1, 0.15) is 0 Å². The zero-order valence-electron chi connectivity index (χ0n) is 8.02. The van der Waals surface area contributed by atoms with E-state index in [1.165, 1.54) is 0 Å². The molecule has 0 aromatic heterocycles. The minimum atomic E-state index is -0.779. The molecule has 0 aliphatic heterocycles. The molecule has 0 aliphatic rings. The third-order valence-corrected chi connectivity index (χ3v) is 2.91. The van der Waals surface area contributed by atoms with Crippen molar-refractivity contribution in [2.24, 2.45) is 11.3 Å². The Kier molecular flexibility index (Phi) is 5.73. The lowest BCUT2D eigenvalue weighted by molar-refractivity contribution is -0.142. The lowest BCUT2D eigenvalue weighted by atomic mass is 9.83. The van der Waals surface area contributed by atoms with Crippen molar-refractivity contribution in [2.75, 3.05) is 11.8 Å². The predicted octanol–water partition coefficient (Wildman–Crippen LogP) is 2.97. The van der Waals surface area contributed by atoms with Gasteiger partial charge in [-0.25, -0.2) is 0 Å². The van der Waals surface area contributed by atoms with Crippen LogP contribution in [0, 0.1) is 11.3 Å². The summed E-state index contributed by atoms with van der Waals surface area (Å²) in [7, 11) is 0. The van der Waals surface area contributed by atoms with E-state index in [4.69, 9.17) is 28.3 Å². The molecule has 0 aromatic carbocycles. The standard InChI is InChI=1S/C9H16Cl2O2/c1-9(2,6-11)5-7(3-4-10)8(12)13/h7H,3-6H2,1-2H3,(H,12,13)/t7-/m0/s1. The first kappa shape index (κ1) is 13.1. The van der Waals surface area contributed by atoms with Crippen LogP contribution in [0.15, 0.2) is 0 Å². The van der Waals surface area contributed by atoms with Gasteiger partial charge in [-0.1, -0.05) is 13.8 Å². The molecule has 1 atom stereocenters. The summed E-state index contributed by atoms with van der Waals surface area (Å²) in [5.74, 6) is -0.293. The first-order valence-electron chi connectivity index (χ1n) is 4.27. The van der Waals surface area contributed by atoms with E-state index in [9.17, 15) is 4.79 Å². The summed E-state index contributed by atoms with van der Waals surface area (Å²) >= 11 is 11.2. The Morgan fingerprint density at radius 3 is 2.31 bits per heavy atom. The topological polar surface area (TPSA) is 37.3 Å². The molecule has 0 aromatic rings. The number of carboxylic acid groups (broad SMARTS) is 1. The van der Waals surface area contributed by atoms with Gasteiger partial charge in [0.05, 0.1) is 5.92 Å². The maximum Gasteiger partial charge on any atom is 0.306 e. The molecule has 0 unspecified atom stereocenters. The Morgan fingerprint density at radius 2 is 2.00 bits per heavy atom. The predicted molar refractivity (Wildman–Crippen MR) is 55.6 cm³/mol. The fraction of sp³-hybridized carbons (Fsp3) is 0.889. The molecule has 1 N–H and O–H groups in total. The van der Waals surface area contributed by atoms with Crippen molar-refractivity contribution in [3.8, 4) is 0 Å². The Morgan fingerprint density at radius 1 is 1.46 bits per heavy atom. The quantitative estimate of drug-likeness (QED) is 0.708. The zero-order chi connectivity index (χ0) is 10.5. The molecule has 0 rings (SSSR count). The average molecular weight is 227 g/mol. The smallest absolute Gasteiger partial charge is 0.306 e. The molecule has 0 spiro atoms. The van der Waals surface area contributed by atoms with Crippen LogP contribution < -0.4 is 0 Å². The fourth-order valence-electron chi connectivity index (χ4n) is 1.17. The highest BCUT2D eigenvalue weighted by molar-refractivity contribution is 6.18. The van der Waals surface area contributed by atoms with Gasteiger partial charge in [0, 0.05) is 11.8 Å². The van der Waals surface area contributed by atoms with Crippen LogP contribution in [0.5, 0.6) is 0 Å². The van der Waals surface area contributed by atoms with E-state index in [2.05, 4.69) is 0 Å². The van der Waals surface area contributed by atoms with Gasteiger partial charge in [-0.15, -0.1) is 23.2 Å². The number of carbonyl (C=O) groups is 1. The molecule has 78 valence electrons. The van der Waals surface area contributed by atoms with Gasteiger partial charge in [-0.2, -0.15) is 0 Å². The maximum atomic E-state index is 10.8. The second-order valence-corrected chi connectivity index (χ2v) is 4.66. The zero-order valence-corrected chi connectivity index (χ0v) is 9.53. The molecule has 0 amide bonds. The molecular weight excluding hydrogens is 211 g/mol. The molecule has 0 bridgehead atoms. The summed E-state index contributed by atoms with van der Waals surface area (Å²) in [6.45, 7) is 3.92. The van der Waals surface area contributed by atoms with Gasteiger partial charge >= 0.3 is 5.97 Å². The summed E-state index contributed by atoms with van der Waals surface area (Å²) in [6.07, 6.45) is 1.09. The molecule has 4 heteroatoms. The van der Waals surface area contributed by atoms with Crippen LogP contribution in [0.3, 0.4) is 0 Å². The second kappa shape index (κ2) is 5.71. The van der Waals surface area contributed by atoms with E-state index in [1.807, 2.05) is 13.8 Å². The molecule has 0 saturated heterocycles. The van der Waals surface area contributed by atoms with E-state index in [0.29, 0.717) is 24.6 Å². The number of carboxylic acids is 1. The van der Waals surface area contributed by atoms with Gasteiger partial charge in [-0.3, -0.25) is 4.79 Å². The number of alkyl halides is 2. The van der Waals surface area contributed by atoms with E-state index < -0.39 is 5.97 Å². The fourth-order valence-corrected chi connectivity index (χ4v) is 1.54. The molecule has 0 fully saturated rings. The van der Waals surface area contributed by atoms with Crippen molar-refractivity contribution in [1.29, 1.82) is 0 Å². The van der Waals surface area contributed by atoms with Crippen LogP contribution in [0.1, 0.15) is 26.7 Å². The van der Waals surface area contributed by atoms with E-state index in [1.54, 1.807) is 0 Å². The summed E-state index contributed by atoms with van der Waals surface area (Å²) in [5, 5.41) is 8.86. The minimum Gasteiger partial charge on any atom is -0.481 e. The van der Waals surface area contributed by atoms with E-state index in [-0.39, 0.29) is 11.3 Å². The summed E-state index contributed by atoms with van der Waals surface area (Å²) < 4.78 is 0. The summed E-state index contributed by atoms with van der Waals surface area (Å²) in [6, 6.07) is 0. The number of hydrogen-bond acceptors (Lipinski definition) is 1. The Hall–Kier alpha value is 0.0500. The highest BCUT2D eigenvalue weighted by Gasteiger charge is 2.26. The first-order valence-corrected chi connectivity index (χ1v) is 5.34. The average Bonchev–Trinajstić information content (AvgIpc) is 2.03. The van der Waals surface area contributed by atoms with E-state index in [0.717, 1.165) is 0 Å². The van der Waals surface area contributed by atoms with Crippen molar-refractivity contribution >= 4 is 29.2 Å². The monoisotopic (exact) mass is 226 g/mol. The molecule has 0 saturated carbocycles. The van der Waals surface area contributed by atoms with Crippen molar-refractivity contribution in [1.82, 2.24) is 0 Å². The minimum absolute atomic E-state index is 0.128. The second-order valence-electron chi connectivity index (χ2n) is 4.01. The molecule has 2 nitrogen and oxygen atoms in total. The van der Waals surface area contributed by atoms with Crippen LogP contribution in [-0.4, -0.2) is 22.8 Å². The third kappa shape index (κ3) is 5.37. The molecule has 0 heterocycles. The van der Waals surface area contributed by atoms with Gasteiger partial charge in [0.2, 0.25) is 0 Å². The highest BCUT2D eigenvalue weighted by atomic mass is 35.5.